The van der Waals surface area contributed by atoms with Crippen LogP contribution < -0.4 is 5.32 Å². The number of aliphatic carboxylic acids is 1. The van der Waals surface area contributed by atoms with Gasteiger partial charge in [-0.05, 0) is 12.8 Å². The predicted octanol–water partition coefficient (Wildman–Crippen LogP) is 0.513. The van der Waals surface area contributed by atoms with Crippen LogP contribution in [-0.2, 0) is 20.4 Å². The number of hydrogen-bond acceptors (Lipinski definition) is 3. The Morgan fingerprint density at radius 2 is 1.81 bits per heavy atom. The Hall–Kier alpha value is -0.910. The highest BCUT2D eigenvalue weighted by Crippen LogP contribution is 2.08. The minimum absolute atomic E-state index is 0.00407. The predicted molar refractivity (Wildman–Crippen MR) is 62.6 cm³/mol. The maximum atomic E-state index is 11.8. The van der Waals surface area contributed by atoms with Crippen molar-refractivity contribution < 1.29 is 18.9 Å². The molecule has 0 saturated heterocycles. The Morgan fingerprint density at radius 3 is 2.12 bits per heavy atom. The SMILES string of the molecule is CCC(CC)S(=O)CC(NC(C)=O)C(=O)O. The number of carboxylic acid groups (broad SMARTS) is 1. The molecule has 2 unspecified atom stereocenters. The third kappa shape index (κ3) is 5.25. The van der Waals surface area contributed by atoms with Crippen LogP contribution >= 0.6 is 0 Å². The van der Waals surface area contributed by atoms with Gasteiger partial charge in [0, 0.05) is 23.0 Å². The number of carbonyl (C=O) groups is 2. The molecule has 1 amide bonds. The average molecular weight is 249 g/mol. The van der Waals surface area contributed by atoms with Crippen LogP contribution in [0.4, 0.5) is 0 Å². The van der Waals surface area contributed by atoms with Gasteiger partial charge in [-0.2, -0.15) is 0 Å². The van der Waals surface area contributed by atoms with E-state index < -0.39 is 28.7 Å². The van der Waals surface area contributed by atoms with Gasteiger partial charge >= 0.3 is 5.97 Å². The van der Waals surface area contributed by atoms with Gasteiger partial charge in [-0.1, -0.05) is 13.8 Å². The zero-order valence-corrected chi connectivity index (χ0v) is 10.7. The number of amides is 1. The second-order valence-corrected chi connectivity index (χ2v) is 5.34. The molecule has 2 atom stereocenters. The number of hydrogen-bond donors (Lipinski definition) is 2. The first kappa shape index (κ1) is 15.1. The zero-order chi connectivity index (χ0) is 12.7. The van der Waals surface area contributed by atoms with Crippen molar-refractivity contribution in [2.75, 3.05) is 5.75 Å². The van der Waals surface area contributed by atoms with Gasteiger partial charge in [0.05, 0.1) is 5.75 Å². The van der Waals surface area contributed by atoms with Gasteiger partial charge < -0.3 is 10.4 Å². The molecule has 16 heavy (non-hydrogen) atoms. The van der Waals surface area contributed by atoms with E-state index >= 15 is 0 Å². The first-order chi connectivity index (χ1) is 7.42. The van der Waals surface area contributed by atoms with Crippen molar-refractivity contribution in [1.82, 2.24) is 5.32 Å². The van der Waals surface area contributed by atoms with Crippen molar-refractivity contribution in [1.29, 1.82) is 0 Å². The summed E-state index contributed by atoms with van der Waals surface area (Å²) in [6.45, 7) is 5.08. The molecule has 0 aliphatic carbocycles. The lowest BCUT2D eigenvalue weighted by molar-refractivity contribution is -0.140. The molecule has 0 fully saturated rings. The van der Waals surface area contributed by atoms with Crippen LogP contribution in [0.1, 0.15) is 33.6 Å². The molecule has 0 aromatic carbocycles. The van der Waals surface area contributed by atoms with Crippen LogP contribution in [0, 0.1) is 0 Å². The van der Waals surface area contributed by atoms with E-state index in [-0.39, 0.29) is 11.0 Å². The highest BCUT2D eigenvalue weighted by molar-refractivity contribution is 7.85. The molecule has 0 aliphatic heterocycles. The van der Waals surface area contributed by atoms with Crippen molar-refractivity contribution >= 4 is 22.7 Å². The summed E-state index contributed by atoms with van der Waals surface area (Å²) in [4.78, 5) is 21.6. The Labute approximate surface area is 98.1 Å². The maximum absolute atomic E-state index is 11.8. The van der Waals surface area contributed by atoms with Crippen molar-refractivity contribution in [2.45, 2.75) is 44.9 Å². The molecular weight excluding hydrogens is 230 g/mol. The van der Waals surface area contributed by atoms with Gasteiger partial charge in [-0.15, -0.1) is 0 Å². The summed E-state index contributed by atoms with van der Waals surface area (Å²) in [5.41, 5.74) is 0. The molecule has 0 aromatic heterocycles. The lowest BCUT2D eigenvalue weighted by Crippen LogP contribution is -2.44. The summed E-state index contributed by atoms with van der Waals surface area (Å²) in [6, 6.07) is -1.06. The summed E-state index contributed by atoms with van der Waals surface area (Å²) in [6.07, 6.45) is 1.49. The van der Waals surface area contributed by atoms with E-state index in [1.54, 1.807) is 0 Å². The Morgan fingerprint density at radius 1 is 1.31 bits per heavy atom. The molecule has 0 aromatic rings. The van der Waals surface area contributed by atoms with Crippen molar-refractivity contribution in [3.63, 3.8) is 0 Å². The monoisotopic (exact) mass is 249 g/mol. The van der Waals surface area contributed by atoms with Gasteiger partial charge in [0.15, 0.2) is 0 Å². The van der Waals surface area contributed by atoms with Crippen LogP contribution in [0.25, 0.3) is 0 Å². The molecule has 0 saturated carbocycles. The van der Waals surface area contributed by atoms with Gasteiger partial charge in [-0.25, -0.2) is 4.79 Å². The number of carbonyl (C=O) groups excluding carboxylic acids is 1. The molecule has 0 heterocycles. The highest BCUT2D eigenvalue weighted by atomic mass is 32.2. The fraction of sp³-hybridized carbons (Fsp3) is 0.800. The van der Waals surface area contributed by atoms with Gasteiger partial charge in [0.2, 0.25) is 5.91 Å². The lowest BCUT2D eigenvalue weighted by Gasteiger charge is -2.17. The highest BCUT2D eigenvalue weighted by Gasteiger charge is 2.24. The minimum Gasteiger partial charge on any atom is -0.480 e. The first-order valence-corrected chi connectivity index (χ1v) is 6.67. The van der Waals surface area contributed by atoms with E-state index in [1.165, 1.54) is 6.92 Å². The molecule has 0 rings (SSSR count). The fourth-order valence-electron chi connectivity index (χ4n) is 1.38. The molecule has 0 radical (unpaired) electrons. The van der Waals surface area contributed by atoms with Crippen LogP contribution in [0.2, 0.25) is 0 Å². The largest absolute Gasteiger partial charge is 0.480 e. The van der Waals surface area contributed by atoms with Crippen molar-refractivity contribution in [2.24, 2.45) is 0 Å². The summed E-state index contributed by atoms with van der Waals surface area (Å²) < 4.78 is 11.8. The fourth-order valence-corrected chi connectivity index (χ4v) is 2.95. The second kappa shape index (κ2) is 7.38. The molecule has 5 nitrogen and oxygen atoms in total. The number of carboxylic acids is 1. The standard InChI is InChI=1S/C10H19NO4S/c1-4-8(5-2)16(15)6-9(10(13)14)11-7(3)12/h8-9H,4-6H2,1-3H3,(H,11,12)(H,13,14). The molecular formula is C10H19NO4S. The van der Waals surface area contributed by atoms with Crippen LogP contribution in [0.15, 0.2) is 0 Å². The van der Waals surface area contributed by atoms with Crippen LogP contribution in [0.3, 0.4) is 0 Å². The van der Waals surface area contributed by atoms with E-state index in [4.69, 9.17) is 5.11 Å². The van der Waals surface area contributed by atoms with Crippen molar-refractivity contribution in [3.8, 4) is 0 Å². The van der Waals surface area contributed by atoms with Gasteiger partial charge in [-0.3, -0.25) is 9.00 Å². The third-order valence-electron chi connectivity index (χ3n) is 2.29. The van der Waals surface area contributed by atoms with E-state index in [1.807, 2.05) is 13.8 Å². The second-order valence-electron chi connectivity index (χ2n) is 3.58. The molecule has 94 valence electrons. The maximum Gasteiger partial charge on any atom is 0.327 e. The lowest BCUT2D eigenvalue weighted by atomic mass is 10.3. The van der Waals surface area contributed by atoms with E-state index in [2.05, 4.69) is 5.32 Å². The van der Waals surface area contributed by atoms with Crippen LogP contribution in [0.5, 0.6) is 0 Å². The minimum atomic E-state index is -1.22. The smallest absolute Gasteiger partial charge is 0.327 e. The average Bonchev–Trinajstić information content (AvgIpc) is 2.17. The van der Waals surface area contributed by atoms with Gasteiger partial charge in [0.1, 0.15) is 6.04 Å². The number of rotatable bonds is 7. The topological polar surface area (TPSA) is 83.5 Å². The summed E-state index contributed by atoms with van der Waals surface area (Å²) in [7, 11) is -1.22. The number of nitrogens with one attached hydrogen (secondary N) is 1. The van der Waals surface area contributed by atoms with Gasteiger partial charge in [0.25, 0.3) is 0 Å². The van der Waals surface area contributed by atoms with Crippen molar-refractivity contribution in [3.05, 3.63) is 0 Å². The quantitative estimate of drug-likeness (QED) is 0.688. The molecule has 0 aliphatic rings. The Kier molecular flexibility index (Phi) is 6.96. The molecule has 0 bridgehead atoms. The zero-order valence-electron chi connectivity index (χ0n) is 9.86. The Bertz CT molecular complexity index is 276. The summed E-state index contributed by atoms with van der Waals surface area (Å²) >= 11 is 0. The molecule has 0 spiro atoms. The molecule has 6 heteroatoms. The summed E-state index contributed by atoms with van der Waals surface area (Å²) in [5, 5.41) is 11.1. The molecule has 2 N–H and O–H groups in total. The van der Waals surface area contributed by atoms with E-state index in [0.29, 0.717) is 0 Å². The van der Waals surface area contributed by atoms with Crippen LogP contribution in [-0.4, -0.2) is 38.2 Å². The Balaban J connectivity index is 4.44. The van der Waals surface area contributed by atoms with E-state index in [0.717, 1.165) is 12.8 Å². The first-order valence-electron chi connectivity index (χ1n) is 5.29. The van der Waals surface area contributed by atoms with E-state index in [9.17, 15) is 13.8 Å². The normalized spacial score (nSPS) is 14.5. The summed E-state index contributed by atoms with van der Waals surface area (Å²) in [5.74, 6) is -1.59. The third-order valence-corrected chi connectivity index (χ3v) is 4.36.